The predicted octanol–water partition coefficient (Wildman–Crippen LogP) is 1.54. The number of carbonyl (C=O) groups is 1. The number of β-lactam (4-membered cyclic amide) rings is 1. The van der Waals surface area contributed by atoms with Gasteiger partial charge in [0.25, 0.3) is 0 Å². The molecule has 0 N–H and O–H groups in total. The fraction of sp³-hybridized carbons (Fsp3) is 0.625. The van der Waals surface area contributed by atoms with E-state index in [1.54, 1.807) is 0 Å². The van der Waals surface area contributed by atoms with E-state index in [4.69, 9.17) is 0 Å². The summed E-state index contributed by atoms with van der Waals surface area (Å²) in [5.41, 5.74) is 1.39. The van der Waals surface area contributed by atoms with Crippen molar-refractivity contribution in [2.75, 3.05) is 17.8 Å². The maximum atomic E-state index is 11.1. The van der Waals surface area contributed by atoms with Gasteiger partial charge in [-0.15, -0.1) is 11.8 Å². The first kappa shape index (κ1) is 8.51. The van der Waals surface area contributed by atoms with Crippen molar-refractivity contribution >= 4 is 29.4 Å². The van der Waals surface area contributed by atoms with E-state index < -0.39 is 0 Å². The van der Waals surface area contributed by atoms with E-state index in [0.29, 0.717) is 5.37 Å². The zero-order valence-corrected chi connectivity index (χ0v) is 8.58. The molecular formula is C8H11NOS2. The Morgan fingerprint density at radius 2 is 2.67 bits per heavy atom. The molecule has 0 unspecified atom stereocenters. The Labute approximate surface area is 80.8 Å². The summed E-state index contributed by atoms with van der Waals surface area (Å²) in [6, 6.07) is 0. The van der Waals surface area contributed by atoms with Crippen molar-refractivity contribution < 1.29 is 4.79 Å². The summed E-state index contributed by atoms with van der Waals surface area (Å²) in [6.45, 7) is 0. The molecule has 2 heterocycles. The van der Waals surface area contributed by atoms with Gasteiger partial charge in [-0.05, 0) is 11.8 Å². The topological polar surface area (TPSA) is 20.3 Å². The first-order valence-corrected chi connectivity index (χ1v) is 6.37. The highest BCUT2D eigenvalue weighted by molar-refractivity contribution is 8.00. The highest BCUT2D eigenvalue weighted by atomic mass is 32.2. The summed E-state index contributed by atoms with van der Waals surface area (Å²) in [4.78, 5) is 13.0. The molecule has 2 nitrogen and oxygen atoms in total. The molecule has 2 rings (SSSR count). The van der Waals surface area contributed by atoms with Crippen LogP contribution in [0.3, 0.4) is 0 Å². The van der Waals surface area contributed by atoms with Gasteiger partial charge < -0.3 is 4.90 Å². The smallest absolute Gasteiger partial charge is 0.230 e. The molecule has 12 heavy (non-hydrogen) atoms. The molecule has 0 radical (unpaired) electrons. The van der Waals surface area contributed by atoms with E-state index in [0.717, 1.165) is 17.9 Å². The van der Waals surface area contributed by atoms with E-state index in [2.05, 4.69) is 6.26 Å². The molecule has 0 spiro atoms. The number of hydrogen-bond donors (Lipinski definition) is 0. The second-order valence-corrected chi connectivity index (χ2v) is 5.02. The van der Waals surface area contributed by atoms with Crippen LogP contribution in [0, 0.1) is 0 Å². The number of hydrogen-bond acceptors (Lipinski definition) is 3. The average Bonchev–Trinajstić information content (AvgIpc) is 2.07. The number of nitrogens with zero attached hydrogens (tertiary/aromatic N) is 1. The van der Waals surface area contributed by atoms with Crippen molar-refractivity contribution in [1.29, 1.82) is 0 Å². The van der Waals surface area contributed by atoms with E-state index in [-0.39, 0.29) is 5.91 Å². The summed E-state index contributed by atoms with van der Waals surface area (Å²) >= 11 is 3.71. The second kappa shape index (κ2) is 3.34. The Kier molecular flexibility index (Phi) is 2.37. The van der Waals surface area contributed by atoms with Gasteiger partial charge in [0.2, 0.25) is 5.91 Å². The molecule has 1 saturated heterocycles. The Hall–Kier alpha value is -0.0900. The summed E-state index contributed by atoms with van der Waals surface area (Å²) in [5, 5.41) is 0.461. The maximum absolute atomic E-state index is 11.1. The van der Waals surface area contributed by atoms with Crippen LogP contribution in [0.2, 0.25) is 0 Å². The van der Waals surface area contributed by atoms with Crippen molar-refractivity contribution in [2.24, 2.45) is 0 Å². The molecule has 4 heteroatoms. The third-order valence-electron chi connectivity index (χ3n) is 2.06. The highest BCUT2D eigenvalue weighted by Gasteiger charge is 2.37. The Balaban J connectivity index is 2.03. The van der Waals surface area contributed by atoms with Crippen molar-refractivity contribution in [3.8, 4) is 0 Å². The minimum absolute atomic E-state index is 0.283. The van der Waals surface area contributed by atoms with Gasteiger partial charge in [-0.2, -0.15) is 11.8 Å². The molecular weight excluding hydrogens is 190 g/mol. The van der Waals surface area contributed by atoms with Gasteiger partial charge in [-0.3, -0.25) is 4.79 Å². The largest absolute Gasteiger partial charge is 0.306 e. The van der Waals surface area contributed by atoms with Gasteiger partial charge in [0, 0.05) is 17.7 Å². The van der Waals surface area contributed by atoms with E-state index in [1.807, 2.05) is 34.6 Å². The lowest BCUT2D eigenvalue weighted by Gasteiger charge is -2.41. The van der Waals surface area contributed by atoms with E-state index >= 15 is 0 Å². The lowest BCUT2D eigenvalue weighted by atomic mass is 10.2. The highest BCUT2D eigenvalue weighted by Crippen LogP contribution is 2.35. The van der Waals surface area contributed by atoms with E-state index in [1.165, 1.54) is 5.57 Å². The minimum atomic E-state index is 0.283. The van der Waals surface area contributed by atoms with Crippen LogP contribution in [0.5, 0.6) is 0 Å². The maximum Gasteiger partial charge on any atom is 0.230 e. The molecule has 1 amide bonds. The third kappa shape index (κ3) is 1.38. The number of rotatable bonds is 2. The quantitative estimate of drug-likeness (QED) is 0.632. The fourth-order valence-electron chi connectivity index (χ4n) is 1.40. The SMILES string of the molecule is CSCC1=CN2C(=O)C[C@H]2SC1. The Morgan fingerprint density at radius 1 is 1.83 bits per heavy atom. The molecule has 0 saturated carbocycles. The molecule has 0 aromatic rings. The normalized spacial score (nSPS) is 27.8. The number of carbonyl (C=O) groups excluding carboxylic acids is 1. The molecule has 1 atom stereocenters. The summed E-state index contributed by atoms with van der Waals surface area (Å²) < 4.78 is 0. The number of fused-ring (bicyclic) bond motifs is 1. The van der Waals surface area contributed by atoms with Crippen LogP contribution in [0.25, 0.3) is 0 Å². The molecule has 1 fully saturated rings. The van der Waals surface area contributed by atoms with Crippen LogP contribution in [0.15, 0.2) is 11.8 Å². The summed E-state index contributed by atoms with van der Waals surface area (Å²) in [7, 11) is 0. The van der Waals surface area contributed by atoms with Gasteiger partial charge in [0.1, 0.15) is 0 Å². The zero-order chi connectivity index (χ0) is 8.55. The Morgan fingerprint density at radius 3 is 3.33 bits per heavy atom. The van der Waals surface area contributed by atoms with Crippen LogP contribution in [0.4, 0.5) is 0 Å². The molecule has 2 aliphatic rings. The summed E-state index contributed by atoms with van der Waals surface area (Å²) in [5.74, 6) is 2.45. The van der Waals surface area contributed by atoms with E-state index in [9.17, 15) is 4.79 Å². The standard InChI is InChI=1S/C8H11NOS2/c1-11-4-6-3-9-7(10)2-8(9)12-5-6/h3,8H,2,4-5H2,1H3/t8-/m1/s1. The third-order valence-corrected chi connectivity index (χ3v) is 4.04. The second-order valence-electron chi connectivity index (χ2n) is 2.99. The van der Waals surface area contributed by atoms with Crippen LogP contribution >= 0.6 is 23.5 Å². The fourth-order valence-corrected chi connectivity index (χ4v) is 3.26. The van der Waals surface area contributed by atoms with Crippen molar-refractivity contribution in [3.05, 3.63) is 11.8 Å². The number of amides is 1. The lowest BCUT2D eigenvalue weighted by Crippen LogP contribution is -2.49. The van der Waals surface area contributed by atoms with Gasteiger partial charge in [-0.25, -0.2) is 0 Å². The number of thioether (sulfide) groups is 2. The van der Waals surface area contributed by atoms with Gasteiger partial charge in [0.05, 0.1) is 11.8 Å². The van der Waals surface area contributed by atoms with Crippen LogP contribution < -0.4 is 0 Å². The monoisotopic (exact) mass is 201 g/mol. The average molecular weight is 201 g/mol. The lowest BCUT2D eigenvalue weighted by molar-refractivity contribution is -0.137. The molecule has 66 valence electrons. The van der Waals surface area contributed by atoms with Gasteiger partial charge >= 0.3 is 0 Å². The van der Waals surface area contributed by atoms with Crippen LogP contribution in [-0.2, 0) is 4.79 Å². The molecule has 0 aromatic heterocycles. The van der Waals surface area contributed by atoms with Crippen molar-refractivity contribution in [3.63, 3.8) is 0 Å². The minimum Gasteiger partial charge on any atom is -0.306 e. The van der Waals surface area contributed by atoms with Gasteiger partial charge in [0.15, 0.2) is 0 Å². The molecule has 0 aromatic carbocycles. The van der Waals surface area contributed by atoms with Crippen molar-refractivity contribution in [1.82, 2.24) is 4.90 Å². The molecule has 0 aliphatic carbocycles. The molecule has 0 bridgehead atoms. The summed E-state index contributed by atoms with van der Waals surface area (Å²) in [6.07, 6.45) is 4.88. The first-order chi connectivity index (χ1) is 5.81. The van der Waals surface area contributed by atoms with Crippen LogP contribution in [0.1, 0.15) is 6.42 Å². The zero-order valence-electron chi connectivity index (χ0n) is 6.95. The molecule has 2 aliphatic heterocycles. The van der Waals surface area contributed by atoms with Gasteiger partial charge in [-0.1, -0.05) is 0 Å². The predicted molar refractivity (Wildman–Crippen MR) is 54.2 cm³/mol. The first-order valence-electron chi connectivity index (χ1n) is 3.92. The Bertz CT molecular complexity index is 239. The van der Waals surface area contributed by atoms with Crippen molar-refractivity contribution in [2.45, 2.75) is 11.8 Å². The van der Waals surface area contributed by atoms with Crippen LogP contribution in [-0.4, -0.2) is 33.9 Å².